The second kappa shape index (κ2) is 41.2. The molecule has 0 saturated carbocycles. The van der Waals surface area contributed by atoms with Gasteiger partial charge in [0.15, 0.2) is 6.10 Å². The molecule has 0 aliphatic rings. The lowest BCUT2D eigenvalue weighted by atomic mass is 10.2. The SMILES string of the molecule is CC/C=C\C/C=C\C/C=C\C/C=C\C/C=C\C/C=C\C/C=C\CCCC(=O)OC(CO)COC(=O)C/C=C\C/C=C\C/C=C\C/C=C\C/C=C\CC. The van der Waals surface area contributed by atoms with E-state index < -0.39 is 24.6 Å². The fourth-order valence-corrected chi connectivity index (χ4v) is 4.32. The Morgan fingerprint density at radius 2 is 0.788 bits per heavy atom. The summed E-state index contributed by atoms with van der Waals surface area (Å²) in [5.74, 6) is -0.828. The van der Waals surface area contributed by atoms with E-state index >= 15 is 0 Å². The lowest BCUT2D eigenvalue weighted by Gasteiger charge is -2.15. The van der Waals surface area contributed by atoms with Crippen molar-refractivity contribution in [3.8, 4) is 0 Å². The van der Waals surface area contributed by atoms with Gasteiger partial charge in [-0.25, -0.2) is 0 Å². The van der Waals surface area contributed by atoms with Gasteiger partial charge in [-0.05, 0) is 89.9 Å². The number of aliphatic hydroxyl groups excluding tert-OH is 1. The van der Waals surface area contributed by atoms with E-state index in [9.17, 15) is 14.7 Å². The second-order valence-corrected chi connectivity index (χ2v) is 11.9. The van der Waals surface area contributed by atoms with Gasteiger partial charge in [0.1, 0.15) is 6.61 Å². The fraction of sp³-hybridized carbons (Fsp3) is 0.447. The molecule has 1 N–H and O–H groups in total. The van der Waals surface area contributed by atoms with E-state index in [2.05, 4.69) is 148 Å². The lowest BCUT2D eigenvalue weighted by Crippen LogP contribution is -2.28. The third kappa shape index (κ3) is 38.6. The first-order valence-electron chi connectivity index (χ1n) is 19.4. The molecule has 286 valence electrons. The van der Waals surface area contributed by atoms with E-state index in [1.54, 1.807) is 6.08 Å². The van der Waals surface area contributed by atoms with Crippen LogP contribution in [-0.4, -0.2) is 36.4 Å². The number of ether oxygens (including phenoxy) is 2. The van der Waals surface area contributed by atoms with Gasteiger partial charge in [0, 0.05) is 6.42 Å². The predicted octanol–water partition coefficient (Wildman–Crippen LogP) is 12.4. The number of hydrogen-bond acceptors (Lipinski definition) is 5. The van der Waals surface area contributed by atoms with Crippen LogP contribution in [0, 0.1) is 0 Å². The molecule has 0 fully saturated rings. The Hall–Kier alpha value is -4.22. The van der Waals surface area contributed by atoms with Gasteiger partial charge in [-0.3, -0.25) is 9.59 Å². The number of aliphatic hydroxyl groups is 1. The number of rotatable bonds is 32. The highest BCUT2D eigenvalue weighted by Gasteiger charge is 2.15. The largest absolute Gasteiger partial charge is 0.461 e. The average Bonchev–Trinajstić information content (AvgIpc) is 3.15. The summed E-state index contributed by atoms with van der Waals surface area (Å²) in [7, 11) is 0. The van der Waals surface area contributed by atoms with Crippen LogP contribution in [0.15, 0.2) is 146 Å². The van der Waals surface area contributed by atoms with Gasteiger partial charge in [-0.2, -0.15) is 0 Å². The third-order valence-corrected chi connectivity index (χ3v) is 7.16. The molecule has 5 heteroatoms. The highest BCUT2D eigenvalue weighted by atomic mass is 16.6. The van der Waals surface area contributed by atoms with E-state index in [1.165, 1.54) is 0 Å². The molecule has 1 atom stereocenters. The van der Waals surface area contributed by atoms with Crippen molar-refractivity contribution in [3.05, 3.63) is 146 Å². The third-order valence-electron chi connectivity index (χ3n) is 7.16. The first kappa shape index (κ1) is 47.8. The second-order valence-electron chi connectivity index (χ2n) is 11.9. The summed E-state index contributed by atoms with van der Waals surface area (Å²) >= 11 is 0. The summed E-state index contributed by atoms with van der Waals surface area (Å²) in [6, 6.07) is 0. The molecule has 0 rings (SSSR count). The Kier molecular flexibility index (Phi) is 37.9. The van der Waals surface area contributed by atoms with Crippen molar-refractivity contribution in [2.24, 2.45) is 0 Å². The maximum atomic E-state index is 12.1. The maximum absolute atomic E-state index is 12.1. The fourth-order valence-electron chi connectivity index (χ4n) is 4.32. The Bertz CT molecular complexity index is 1220. The molecule has 0 aromatic rings. The van der Waals surface area contributed by atoms with Crippen molar-refractivity contribution < 1.29 is 24.2 Å². The van der Waals surface area contributed by atoms with Crippen LogP contribution < -0.4 is 0 Å². The number of hydrogen-bond donors (Lipinski definition) is 1. The monoisotopic (exact) mass is 713 g/mol. The van der Waals surface area contributed by atoms with Crippen LogP contribution in [-0.2, 0) is 19.1 Å². The Morgan fingerprint density at radius 1 is 0.462 bits per heavy atom. The van der Waals surface area contributed by atoms with Gasteiger partial charge in [0.2, 0.25) is 0 Å². The molecule has 0 heterocycles. The van der Waals surface area contributed by atoms with Crippen LogP contribution in [0.25, 0.3) is 0 Å². The number of unbranched alkanes of at least 4 members (excludes halogenated alkanes) is 1. The summed E-state index contributed by atoms with van der Waals surface area (Å²) in [6.07, 6.45) is 63.6. The minimum atomic E-state index is -0.853. The number of carbonyl (C=O) groups excluding carboxylic acids is 2. The number of allylic oxidation sites excluding steroid dienone is 23. The topological polar surface area (TPSA) is 72.8 Å². The summed E-state index contributed by atoms with van der Waals surface area (Å²) in [6.45, 7) is 3.73. The summed E-state index contributed by atoms with van der Waals surface area (Å²) in [5.41, 5.74) is 0. The van der Waals surface area contributed by atoms with Crippen LogP contribution in [0.1, 0.15) is 117 Å². The van der Waals surface area contributed by atoms with E-state index in [4.69, 9.17) is 9.47 Å². The van der Waals surface area contributed by atoms with Crippen LogP contribution in [0.4, 0.5) is 0 Å². The zero-order chi connectivity index (χ0) is 37.8. The zero-order valence-electron chi connectivity index (χ0n) is 32.2. The maximum Gasteiger partial charge on any atom is 0.309 e. The number of carbonyl (C=O) groups is 2. The molecule has 0 saturated heterocycles. The van der Waals surface area contributed by atoms with E-state index in [1.807, 2.05) is 6.08 Å². The predicted molar refractivity (Wildman–Crippen MR) is 223 cm³/mol. The molecule has 5 nitrogen and oxygen atoms in total. The molecule has 0 aliphatic heterocycles. The van der Waals surface area contributed by atoms with Crippen molar-refractivity contribution in [3.63, 3.8) is 0 Å². The molecular weight excluding hydrogens is 645 g/mol. The molecule has 0 spiro atoms. The standard InChI is InChI=1S/C47H68O5/c1-3-5-7-9-11-13-15-17-19-20-21-22-23-24-25-26-28-30-32-34-36-38-40-42-47(50)52-45(43-48)44-51-46(49)41-39-37-35-33-31-29-27-18-16-14-12-10-8-6-4-2/h5-8,11-14,17-19,21-22,24-25,27-28,30-31,33-34,36-37,39,45,48H,3-4,9-10,15-16,20,23,26,29,32,35,38,40-44H2,1-2H3/b7-5-,8-6-,13-11-,14-12-,19-17-,22-21-,25-24-,27-18-,30-28-,33-31-,36-34-,39-37-. The average molecular weight is 713 g/mol. The zero-order valence-corrected chi connectivity index (χ0v) is 32.2. The van der Waals surface area contributed by atoms with Crippen LogP contribution >= 0.6 is 0 Å². The van der Waals surface area contributed by atoms with E-state index in [0.29, 0.717) is 6.42 Å². The molecule has 0 bridgehead atoms. The van der Waals surface area contributed by atoms with Gasteiger partial charge in [-0.1, -0.05) is 160 Å². The smallest absolute Gasteiger partial charge is 0.309 e. The first-order chi connectivity index (χ1) is 25.6. The molecule has 0 radical (unpaired) electrons. The molecular formula is C47H68O5. The van der Waals surface area contributed by atoms with Gasteiger partial charge in [0.25, 0.3) is 0 Å². The lowest BCUT2D eigenvalue weighted by molar-refractivity contribution is -0.161. The van der Waals surface area contributed by atoms with Crippen LogP contribution in [0.2, 0.25) is 0 Å². The molecule has 52 heavy (non-hydrogen) atoms. The Morgan fingerprint density at radius 3 is 1.13 bits per heavy atom. The Labute approximate surface area is 317 Å². The minimum Gasteiger partial charge on any atom is -0.461 e. The highest BCUT2D eigenvalue weighted by Crippen LogP contribution is 2.05. The molecule has 0 aliphatic carbocycles. The molecule has 0 aromatic carbocycles. The van der Waals surface area contributed by atoms with Crippen LogP contribution in [0.3, 0.4) is 0 Å². The quantitative estimate of drug-likeness (QED) is 0.0427. The van der Waals surface area contributed by atoms with Gasteiger partial charge >= 0.3 is 11.9 Å². The van der Waals surface area contributed by atoms with Crippen molar-refractivity contribution in [1.29, 1.82) is 0 Å². The van der Waals surface area contributed by atoms with Crippen molar-refractivity contribution in [2.45, 2.75) is 123 Å². The van der Waals surface area contributed by atoms with E-state index in [-0.39, 0.29) is 19.4 Å². The van der Waals surface area contributed by atoms with Crippen molar-refractivity contribution in [1.82, 2.24) is 0 Å². The highest BCUT2D eigenvalue weighted by molar-refractivity contribution is 5.71. The van der Waals surface area contributed by atoms with Gasteiger partial charge < -0.3 is 14.6 Å². The normalized spacial score (nSPS) is 13.8. The van der Waals surface area contributed by atoms with Gasteiger partial charge in [-0.15, -0.1) is 0 Å². The first-order valence-corrected chi connectivity index (χ1v) is 19.4. The number of esters is 2. The summed E-state index contributed by atoms with van der Waals surface area (Å²) < 4.78 is 10.4. The molecule has 0 amide bonds. The van der Waals surface area contributed by atoms with E-state index in [0.717, 1.165) is 83.5 Å². The summed E-state index contributed by atoms with van der Waals surface area (Å²) in [5, 5.41) is 9.53. The Balaban J connectivity index is 3.87. The van der Waals surface area contributed by atoms with Gasteiger partial charge in [0.05, 0.1) is 13.0 Å². The van der Waals surface area contributed by atoms with Crippen molar-refractivity contribution >= 4 is 11.9 Å². The molecule has 0 aromatic heterocycles. The van der Waals surface area contributed by atoms with Crippen molar-refractivity contribution in [2.75, 3.05) is 13.2 Å². The summed E-state index contributed by atoms with van der Waals surface area (Å²) in [4.78, 5) is 24.2. The van der Waals surface area contributed by atoms with Crippen LogP contribution in [0.5, 0.6) is 0 Å². The molecule has 1 unspecified atom stereocenters. The minimum absolute atomic E-state index is 0.129.